The van der Waals surface area contributed by atoms with Gasteiger partial charge in [-0.15, -0.1) is 11.3 Å². The fourth-order valence-electron chi connectivity index (χ4n) is 3.47. The van der Waals surface area contributed by atoms with Gasteiger partial charge in [0.2, 0.25) is 5.78 Å². The molecule has 0 unspecified atom stereocenters. The maximum absolute atomic E-state index is 13.1. The van der Waals surface area contributed by atoms with Crippen LogP contribution in [0.4, 0.5) is 0 Å². The van der Waals surface area contributed by atoms with Crippen molar-refractivity contribution >= 4 is 23.0 Å². The molecule has 2 aromatic rings. The molecular formula is C23H27NO5S. The first-order valence-corrected chi connectivity index (χ1v) is 11.0. The minimum absolute atomic E-state index is 0.101. The average molecular weight is 430 g/mol. The zero-order valence-electron chi connectivity index (χ0n) is 17.5. The summed E-state index contributed by atoms with van der Waals surface area (Å²) in [5.74, 6) is -0.618. The third-order valence-corrected chi connectivity index (χ3v) is 5.66. The van der Waals surface area contributed by atoms with Crippen LogP contribution in [0.15, 0.2) is 53.1 Å². The average Bonchev–Trinajstić information content (AvgIpc) is 3.34. The summed E-state index contributed by atoms with van der Waals surface area (Å²) in [4.78, 5) is 28.1. The van der Waals surface area contributed by atoms with Crippen molar-refractivity contribution in [2.75, 3.05) is 19.8 Å². The fraction of sp³-hybridized carbons (Fsp3) is 0.391. The van der Waals surface area contributed by atoms with Gasteiger partial charge in [0.15, 0.2) is 5.76 Å². The summed E-state index contributed by atoms with van der Waals surface area (Å²) in [6.45, 7) is 7.22. The zero-order chi connectivity index (χ0) is 21.7. The standard InChI is InChI=1S/C23H27NO5S/c1-4-28-17-10-8-16(9-11-17)20-19(21(25)18-7-5-14-30-18)22(26)23(27)24(20)12-6-13-29-15(2)3/h5,7-11,14-15,20,26H,4,6,12-13H2,1-3H3/t20-/m0/s1. The van der Waals surface area contributed by atoms with Gasteiger partial charge in [-0.3, -0.25) is 9.59 Å². The fourth-order valence-corrected chi connectivity index (χ4v) is 4.15. The molecule has 6 nitrogen and oxygen atoms in total. The first-order chi connectivity index (χ1) is 14.4. The van der Waals surface area contributed by atoms with Gasteiger partial charge in [0.25, 0.3) is 5.91 Å². The molecule has 1 N–H and O–H groups in total. The predicted molar refractivity (Wildman–Crippen MR) is 116 cm³/mol. The summed E-state index contributed by atoms with van der Waals surface area (Å²) in [7, 11) is 0. The topological polar surface area (TPSA) is 76.1 Å². The van der Waals surface area contributed by atoms with E-state index < -0.39 is 17.7 Å². The number of aliphatic hydroxyl groups is 1. The van der Waals surface area contributed by atoms with Crippen molar-refractivity contribution in [3.8, 4) is 5.75 Å². The van der Waals surface area contributed by atoms with Gasteiger partial charge in [-0.25, -0.2) is 0 Å². The Hall–Kier alpha value is -2.64. The van der Waals surface area contributed by atoms with Crippen LogP contribution in [0, 0.1) is 0 Å². The van der Waals surface area contributed by atoms with E-state index in [1.807, 2.05) is 45.0 Å². The molecule has 0 fully saturated rings. The first-order valence-electron chi connectivity index (χ1n) is 10.1. The molecule has 7 heteroatoms. The second kappa shape index (κ2) is 9.91. The lowest BCUT2D eigenvalue weighted by atomic mass is 9.95. The Morgan fingerprint density at radius 1 is 1.23 bits per heavy atom. The van der Waals surface area contributed by atoms with Crippen LogP contribution in [-0.4, -0.2) is 47.6 Å². The molecule has 30 heavy (non-hydrogen) atoms. The number of carbonyl (C=O) groups is 2. The van der Waals surface area contributed by atoms with Crippen molar-refractivity contribution < 1.29 is 24.2 Å². The third-order valence-electron chi connectivity index (χ3n) is 4.79. The van der Waals surface area contributed by atoms with E-state index in [0.29, 0.717) is 36.8 Å². The SMILES string of the molecule is CCOc1ccc([C@H]2C(C(=O)c3cccs3)=C(O)C(=O)N2CCCOC(C)C)cc1. The van der Waals surface area contributed by atoms with Crippen LogP contribution >= 0.6 is 11.3 Å². The highest BCUT2D eigenvalue weighted by Gasteiger charge is 2.43. The molecular weight excluding hydrogens is 402 g/mol. The van der Waals surface area contributed by atoms with Crippen molar-refractivity contribution in [3.05, 3.63) is 63.6 Å². The summed E-state index contributed by atoms with van der Waals surface area (Å²) in [5, 5.41) is 12.4. The van der Waals surface area contributed by atoms with E-state index in [2.05, 4.69) is 0 Å². The highest BCUT2D eigenvalue weighted by molar-refractivity contribution is 7.12. The van der Waals surface area contributed by atoms with Crippen LogP contribution in [-0.2, 0) is 9.53 Å². The van der Waals surface area contributed by atoms with Crippen LogP contribution in [0.3, 0.4) is 0 Å². The monoisotopic (exact) mass is 429 g/mol. The Morgan fingerprint density at radius 2 is 1.97 bits per heavy atom. The molecule has 1 aliphatic heterocycles. The normalized spacial score (nSPS) is 16.6. The summed E-state index contributed by atoms with van der Waals surface area (Å²) in [6.07, 6.45) is 0.703. The number of rotatable bonds is 10. The third kappa shape index (κ3) is 4.74. The van der Waals surface area contributed by atoms with Crippen molar-refractivity contribution in [1.82, 2.24) is 4.90 Å². The highest BCUT2D eigenvalue weighted by atomic mass is 32.1. The van der Waals surface area contributed by atoms with Crippen molar-refractivity contribution in [2.45, 2.75) is 39.3 Å². The van der Waals surface area contributed by atoms with Gasteiger partial charge in [-0.05, 0) is 56.3 Å². The largest absolute Gasteiger partial charge is 0.503 e. The number of benzene rings is 1. The maximum atomic E-state index is 13.1. The van der Waals surface area contributed by atoms with E-state index in [0.717, 1.165) is 5.56 Å². The van der Waals surface area contributed by atoms with Gasteiger partial charge in [0.1, 0.15) is 5.75 Å². The smallest absolute Gasteiger partial charge is 0.290 e. The summed E-state index contributed by atoms with van der Waals surface area (Å²) in [6, 6.07) is 10.1. The van der Waals surface area contributed by atoms with Gasteiger partial charge in [-0.1, -0.05) is 18.2 Å². The Labute approximate surface area is 180 Å². The van der Waals surface area contributed by atoms with E-state index in [1.165, 1.54) is 11.3 Å². The number of thiophene rings is 1. The number of amides is 1. The van der Waals surface area contributed by atoms with Crippen molar-refractivity contribution in [1.29, 1.82) is 0 Å². The Balaban J connectivity index is 1.92. The van der Waals surface area contributed by atoms with Crippen LogP contribution in [0.25, 0.3) is 0 Å². The molecule has 3 rings (SSSR count). The van der Waals surface area contributed by atoms with Crippen molar-refractivity contribution in [3.63, 3.8) is 0 Å². The molecule has 1 amide bonds. The first kappa shape index (κ1) is 22.1. The van der Waals surface area contributed by atoms with Gasteiger partial charge in [-0.2, -0.15) is 0 Å². The van der Waals surface area contributed by atoms with E-state index in [1.54, 1.807) is 22.4 Å². The number of ketones is 1. The lowest BCUT2D eigenvalue weighted by Gasteiger charge is -2.27. The van der Waals surface area contributed by atoms with Crippen LogP contribution in [0.5, 0.6) is 5.75 Å². The Morgan fingerprint density at radius 3 is 2.57 bits per heavy atom. The second-order valence-corrected chi connectivity index (χ2v) is 8.19. The molecule has 0 aliphatic carbocycles. The van der Waals surface area contributed by atoms with Gasteiger partial charge in [0.05, 0.1) is 29.2 Å². The Kier molecular flexibility index (Phi) is 7.29. The molecule has 1 aromatic carbocycles. The minimum atomic E-state index is -0.651. The van der Waals surface area contributed by atoms with E-state index in [4.69, 9.17) is 9.47 Å². The molecule has 0 bridgehead atoms. The Bertz CT molecular complexity index is 902. The van der Waals surface area contributed by atoms with E-state index >= 15 is 0 Å². The second-order valence-electron chi connectivity index (χ2n) is 7.24. The van der Waals surface area contributed by atoms with Gasteiger partial charge >= 0.3 is 0 Å². The summed E-state index contributed by atoms with van der Waals surface area (Å²) >= 11 is 1.29. The molecule has 0 saturated heterocycles. The molecule has 1 atom stereocenters. The number of nitrogens with zero attached hydrogens (tertiary/aromatic N) is 1. The lowest BCUT2D eigenvalue weighted by Crippen LogP contribution is -2.32. The summed E-state index contributed by atoms with van der Waals surface area (Å²) in [5.41, 5.74) is 0.872. The van der Waals surface area contributed by atoms with Gasteiger partial charge < -0.3 is 19.5 Å². The minimum Gasteiger partial charge on any atom is -0.503 e. The molecule has 1 aromatic heterocycles. The van der Waals surface area contributed by atoms with Gasteiger partial charge in [0, 0.05) is 13.2 Å². The van der Waals surface area contributed by atoms with E-state index in [-0.39, 0.29) is 17.5 Å². The van der Waals surface area contributed by atoms with Crippen LogP contribution in [0.2, 0.25) is 0 Å². The summed E-state index contributed by atoms with van der Waals surface area (Å²) < 4.78 is 11.1. The van der Waals surface area contributed by atoms with E-state index in [9.17, 15) is 14.7 Å². The number of ether oxygens (including phenoxy) is 2. The number of carbonyl (C=O) groups excluding carboxylic acids is 2. The molecule has 1 aliphatic rings. The quantitative estimate of drug-likeness (QED) is 0.443. The zero-order valence-corrected chi connectivity index (χ0v) is 18.3. The molecule has 160 valence electrons. The molecule has 0 saturated carbocycles. The predicted octanol–water partition coefficient (Wildman–Crippen LogP) is 4.54. The molecule has 2 heterocycles. The molecule has 0 radical (unpaired) electrons. The number of aliphatic hydroxyl groups excluding tert-OH is 1. The molecule has 0 spiro atoms. The maximum Gasteiger partial charge on any atom is 0.290 e. The van der Waals surface area contributed by atoms with Crippen molar-refractivity contribution in [2.24, 2.45) is 0 Å². The van der Waals surface area contributed by atoms with Crippen LogP contribution in [0.1, 0.15) is 48.5 Å². The number of Topliss-reactive ketones (excluding diaryl/α,β-unsaturated/α-hetero) is 1. The number of hydrogen-bond donors (Lipinski definition) is 1. The number of hydrogen-bond acceptors (Lipinski definition) is 6. The lowest BCUT2D eigenvalue weighted by molar-refractivity contribution is -0.129. The highest BCUT2D eigenvalue weighted by Crippen LogP contribution is 2.40. The van der Waals surface area contributed by atoms with Crippen LogP contribution < -0.4 is 4.74 Å².